The van der Waals surface area contributed by atoms with Crippen molar-refractivity contribution in [3.8, 4) is 0 Å². The Morgan fingerprint density at radius 3 is 2.26 bits per heavy atom. The monoisotopic (exact) mass is 281 g/mol. The zero-order valence-electron chi connectivity index (χ0n) is 12.1. The van der Waals surface area contributed by atoms with Gasteiger partial charge in [-0.25, -0.2) is 0 Å². The van der Waals surface area contributed by atoms with Gasteiger partial charge in [0.05, 0.1) is 6.61 Å². The first kappa shape index (κ1) is 16.4. The molecule has 0 aliphatic carbocycles. The largest absolute Gasteiger partial charge is 0.394 e. The van der Waals surface area contributed by atoms with E-state index in [1.165, 1.54) is 5.56 Å². The molecular weight excluding hydrogens is 256 g/mol. The molecule has 1 aromatic rings. The van der Waals surface area contributed by atoms with Crippen molar-refractivity contribution >= 4 is 9.28 Å². The Balaban J connectivity index is 2.01. The molecule has 0 fully saturated rings. The topological polar surface area (TPSA) is 27.7 Å². The molecule has 0 aliphatic heterocycles. The highest BCUT2D eigenvalue weighted by atomic mass is 28.3. The zero-order valence-corrected chi connectivity index (χ0v) is 13.1. The normalized spacial score (nSPS) is 11.1. The van der Waals surface area contributed by atoms with Crippen LogP contribution in [0.15, 0.2) is 30.3 Å². The lowest BCUT2D eigenvalue weighted by molar-refractivity contribution is 0.117. The van der Waals surface area contributed by atoms with Crippen LogP contribution >= 0.6 is 0 Å². The van der Waals surface area contributed by atoms with E-state index in [9.17, 15) is 0 Å². The van der Waals surface area contributed by atoms with Crippen LogP contribution in [0, 0.1) is 0 Å². The standard InChI is InChI=1S/C15H25O3Si/c1-3-17-19(18-4-2)13-9-8-12-16-14-15-10-6-5-7-11-15/h5-7,10-11H,3-4,8-9,12-14H2,1-2H3. The molecular formula is C15H25O3Si. The van der Waals surface area contributed by atoms with Crippen molar-refractivity contribution < 1.29 is 13.6 Å². The van der Waals surface area contributed by atoms with Gasteiger partial charge in [0.2, 0.25) is 0 Å². The lowest BCUT2D eigenvalue weighted by atomic mass is 10.2. The average Bonchev–Trinajstić information content (AvgIpc) is 2.44. The third kappa shape index (κ3) is 8.16. The van der Waals surface area contributed by atoms with E-state index in [0.29, 0.717) is 6.61 Å². The average molecular weight is 281 g/mol. The minimum absolute atomic E-state index is 0.704. The highest BCUT2D eigenvalue weighted by Gasteiger charge is 2.13. The summed E-state index contributed by atoms with van der Waals surface area (Å²) in [7, 11) is -1.04. The second-order valence-corrected chi connectivity index (χ2v) is 6.05. The Hall–Kier alpha value is -0.683. The molecule has 1 rings (SSSR count). The van der Waals surface area contributed by atoms with Gasteiger partial charge in [0.15, 0.2) is 0 Å². The molecule has 0 N–H and O–H groups in total. The van der Waals surface area contributed by atoms with Gasteiger partial charge in [0, 0.05) is 19.8 Å². The summed E-state index contributed by atoms with van der Waals surface area (Å²) >= 11 is 0. The van der Waals surface area contributed by atoms with Gasteiger partial charge in [-0.2, -0.15) is 0 Å². The van der Waals surface area contributed by atoms with Gasteiger partial charge in [-0.3, -0.25) is 0 Å². The third-order valence-electron chi connectivity index (χ3n) is 2.64. The zero-order chi connectivity index (χ0) is 13.8. The maximum atomic E-state index is 5.65. The number of unbranched alkanes of at least 4 members (excludes halogenated alkanes) is 1. The van der Waals surface area contributed by atoms with E-state index in [0.717, 1.165) is 38.7 Å². The molecule has 0 atom stereocenters. The summed E-state index contributed by atoms with van der Waals surface area (Å²) in [4.78, 5) is 0. The summed E-state index contributed by atoms with van der Waals surface area (Å²) in [5.74, 6) is 0. The van der Waals surface area contributed by atoms with E-state index in [1.807, 2.05) is 32.0 Å². The number of benzene rings is 1. The van der Waals surface area contributed by atoms with E-state index < -0.39 is 9.28 Å². The van der Waals surface area contributed by atoms with Crippen LogP contribution in [0.5, 0.6) is 0 Å². The summed E-state index contributed by atoms with van der Waals surface area (Å²) in [5, 5.41) is 0. The molecule has 0 unspecified atom stereocenters. The summed E-state index contributed by atoms with van der Waals surface area (Å²) in [6.07, 6.45) is 2.18. The summed E-state index contributed by atoms with van der Waals surface area (Å²) in [6, 6.07) is 11.3. The smallest absolute Gasteiger partial charge is 0.384 e. The maximum Gasteiger partial charge on any atom is 0.384 e. The van der Waals surface area contributed by atoms with E-state index in [2.05, 4.69) is 12.1 Å². The Labute approximate surface area is 118 Å². The molecule has 0 amide bonds. The van der Waals surface area contributed by atoms with E-state index >= 15 is 0 Å². The van der Waals surface area contributed by atoms with E-state index in [4.69, 9.17) is 13.6 Å². The van der Waals surface area contributed by atoms with Crippen LogP contribution in [0.2, 0.25) is 6.04 Å². The Bertz CT molecular complexity index is 300. The first-order valence-corrected chi connectivity index (χ1v) is 8.62. The van der Waals surface area contributed by atoms with Gasteiger partial charge in [-0.15, -0.1) is 0 Å². The van der Waals surface area contributed by atoms with Crippen molar-refractivity contribution in [2.24, 2.45) is 0 Å². The fourth-order valence-electron chi connectivity index (χ4n) is 1.75. The van der Waals surface area contributed by atoms with Gasteiger partial charge in [0.25, 0.3) is 0 Å². The minimum atomic E-state index is -1.04. The second kappa shape index (κ2) is 11.2. The maximum absolute atomic E-state index is 5.65. The lowest BCUT2D eigenvalue weighted by Gasteiger charge is -2.12. The van der Waals surface area contributed by atoms with E-state index in [1.54, 1.807) is 0 Å². The van der Waals surface area contributed by atoms with Gasteiger partial charge in [0.1, 0.15) is 0 Å². The minimum Gasteiger partial charge on any atom is -0.394 e. The molecule has 1 radical (unpaired) electrons. The summed E-state index contributed by atoms with van der Waals surface area (Å²) in [5.41, 5.74) is 1.23. The van der Waals surface area contributed by atoms with Crippen molar-refractivity contribution in [2.75, 3.05) is 19.8 Å². The van der Waals surface area contributed by atoms with Crippen LogP contribution in [0.1, 0.15) is 32.3 Å². The van der Waals surface area contributed by atoms with Crippen molar-refractivity contribution in [3.63, 3.8) is 0 Å². The van der Waals surface area contributed by atoms with Crippen molar-refractivity contribution in [3.05, 3.63) is 35.9 Å². The fourth-order valence-corrected chi connectivity index (χ4v) is 3.30. The van der Waals surface area contributed by atoms with Crippen LogP contribution in [-0.2, 0) is 20.2 Å². The molecule has 0 aliphatic rings. The van der Waals surface area contributed by atoms with Gasteiger partial charge >= 0.3 is 9.28 Å². The number of hydrogen-bond acceptors (Lipinski definition) is 3. The molecule has 0 bridgehead atoms. The van der Waals surface area contributed by atoms with Crippen molar-refractivity contribution in [2.45, 2.75) is 39.3 Å². The van der Waals surface area contributed by atoms with Crippen LogP contribution in [0.4, 0.5) is 0 Å². The molecule has 1 aromatic carbocycles. The third-order valence-corrected chi connectivity index (χ3v) is 4.62. The fraction of sp³-hybridized carbons (Fsp3) is 0.600. The Morgan fingerprint density at radius 2 is 1.63 bits per heavy atom. The Morgan fingerprint density at radius 1 is 0.947 bits per heavy atom. The van der Waals surface area contributed by atoms with Gasteiger partial charge in [-0.1, -0.05) is 30.3 Å². The summed E-state index contributed by atoms with van der Waals surface area (Å²) in [6.45, 7) is 7.05. The van der Waals surface area contributed by atoms with Gasteiger partial charge in [-0.05, 0) is 38.3 Å². The van der Waals surface area contributed by atoms with Crippen LogP contribution in [0.25, 0.3) is 0 Å². The highest BCUT2D eigenvalue weighted by molar-refractivity contribution is 6.44. The quantitative estimate of drug-likeness (QED) is 0.458. The molecule has 0 saturated carbocycles. The molecule has 4 heteroatoms. The number of rotatable bonds is 11. The van der Waals surface area contributed by atoms with Crippen molar-refractivity contribution in [1.29, 1.82) is 0 Å². The molecule has 0 heterocycles. The van der Waals surface area contributed by atoms with Crippen LogP contribution < -0.4 is 0 Å². The molecule has 0 saturated heterocycles. The predicted molar refractivity (Wildman–Crippen MR) is 79.1 cm³/mol. The van der Waals surface area contributed by atoms with Crippen molar-refractivity contribution in [1.82, 2.24) is 0 Å². The first-order chi connectivity index (χ1) is 9.36. The number of ether oxygens (including phenoxy) is 1. The SMILES string of the molecule is CCO[Si](CCCCOCc1ccccc1)OCC. The van der Waals surface area contributed by atoms with Gasteiger partial charge < -0.3 is 13.6 Å². The number of hydrogen-bond donors (Lipinski definition) is 0. The summed E-state index contributed by atoms with van der Waals surface area (Å²) < 4.78 is 16.8. The van der Waals surface area contributed by atoms with Crippen LogP contribution in [0.3, 0.4) is 0 Å². The molecule has 0 aromatic heterocycles. The van der Waals surface area contributed by atoms with E-state index in [-0.39, 0.29) is 0 Å². The molecule has 19 heavy (non-hydrogen) atoms. The molecule has 107 valence electrons. The highest BCUT2D eigenvalue weighted by Crippen LogP contribution is 2.06. The second-order valence-electron chi connectivity index (χ2n) is 4.23. The Kier molecular flexibility index (Phi) is 9.62. The molecule has 3 nitrogen and oxygen atoms in total. The van der Waals surface area contributed by atoms with Crippen LogP contribution in [-0.4, -0.2) is 29.1 Å². The predicted octanol–water partition coefficient (Wildman–Crippen LogP) is 3.54. The first-order valence-electron chi connectivity index (χ1n) is 7.09. The molecule has 0 spiro atoms. The lowest BCUT2D eigenvalue weighted by Crippen LogP contribution is -2.22.